The Labute approximate surface area is 146 Å². The molecule has 1 aromatic carbocycles. The van der Waals surface area contributed by atoms with Crippen LogP contribution in [0.2, 0.25) is 0 Å². The van der Waals surface area contributed by atoms with Crippen LogP contribution in [-0.4, -0.2) is 41.2 Å². The van der Waals surface area contributed by atoms with Crippen LogP contribution in [0.1, 0.15) is 25.8 Å². The van der Waals surface area contributed by atoms with E-state index in [1.807, 2.05) is 45.0 Å². The second-order valence-corrected chi connectivity index (χ2v) is 6.94. The molecule has 0 heterocycles. The van der Waals surface area contributed by atoms with Crippen LogP contribution >= 0.6 is 11.8 Å². The third-order valence-corrected chi connectivity index (χ3v) is 4.41. The Morgan fingerprint density at radius 3 is 2.42 bits per heavy atom. The molecule has 0 radical (unpaired) electrons. The van der Waals surface area contributed by atoms with Gasteiger partial charge in [0.2, 0.25) is 11.8 Å². The summed E-state index contributed by atoms with van der Waals surface area (Å²) >= 11 is 1.40. The Bertz CT molecular complexity index is 590. The van der Waals surface area contributed by atoms with Gasteiger partial charge in [-0.1, -0.05) is 32.0 Å². The van der Waals surface area contributed by atoms with E-state index in [0.717, 1.165) is 10.5 Å². The molecule has 2 amide bonds. The monoisotopic (exact) mass is 352 g/mol. The number of aryl methyl sites for hydroxylation is 1. The fourth-order valence-electron chi connectivity index (χ4n) is 2.03. The molecule has 0 unspecified atom stereocenters. The number of carbonyl (C=O) groups excluding carboxylic acids is 2. The van der Waals surface area contributed by atoms with E-state index >= 15 is 0 Å². The van der Waals surface area contributed by atoms with Crippen molar-refractivity contribution in [1.82, 2.24) is 10.6 Å². The summed E-state index contributed by atoms with van der Waals surface area (Å²) < 4.78 is 0. The van der Waals surface area contributed by atoms with Crippen molar-refractivity contribution in [1.29, 1.82) is 0 Å². The van der Waals surface area contributed by atoms with Gasteiger partial charge < -0.3 is 15.7 Å². The van der Waals surface area contributed by atoms with Gasteiger partial charge in [-0.3, -0.25) is 9.59 Å². The minimum absolute atomic E-state index is 0.145. The van der Waals surface area contributed by atoms with E-state index in [4.69, 9.17) is 5.11 Å². The maximum absolute atomic E-state index is 11.8. The highest BCUT2D eigenvalue weighted by molar-refractivity contribution is 8.00. The number of benzene rings is 1. The lowest BCUT2D eigenvalue weighted by Crippen LogP contribution is -2.46. The molecule has 0 aromatic heterocycles. The molecule has 7 heteroatoms. The van der Waals surface area contributed by atoms with Crippen LogP contribution in [0, 0.1) is 12.8 Å². The molecule has 1 atom stereocenters. The predicted octanol–water partition coefficient (Wildman–Crippen LogP) is 1.82. The summed E-state index contributed by atoms with van der Waals surface area (Å²) in [4.78, 5) is 35.7. The molecule has 0 spiro atoms. The van der Waals surface area contributed by atoms with E-state index in [9.17, 15) is 14.4 Å². The molecule has 0 saturated carbocycles. The number of hydrogen-bond donors (Lipinski definition) is 3. The lowest BCUT2D eigenvalue weighted by molar-refractivity contribution is -0.142. The zero-order valence-electron chi connectivity index (χ0n) is 14.2. The van der Waals surface area contributed by atoms with Crippen LogP contribution in [0.25, 0.3) is 0 Å². The molecule has 1 rings (SSSR count). The third kappa shape index (κ3) is 7.50. The Balaban J connectivity index is 2.36. The van der Waals surface area contributed by atoms with E-state index in [2.05, 4.69) is 10.6 Å². The molecule has 0 aliphatic carbocycles. The number of amides is 2. The average Bonchev–Trinajstić information content (AvgIpc) is 2.51. The number of rotatable bonds is 9. The number of thioether (sulfide) groups is 1. The first-order valence-electron chi connectivity index (χ1n) is 7.77. The number of carboxylic acids is 1. The van der Waals surface area contributed by atoms with Gasteiger partial charge in [-0.2, -0.15) is 0 Å². The lowest BCUT2D eigenvalue weighted by atomic mass is 10.0. The molecule has 0 bridgehead atoms. The van der Waals surface area contributed by atoms with Gasteiger partial charge in [-0.05, 0) is 30.9 Å². The van der Waals surface area contributed by atoms with Gasteiger partial charge in [0.1, 0.15) is 6.04 Å². The second kappa shape index (κ2) is 9.97. The van der Waals surface area contributed by atoms with E-state index in [0.29, 0.717) is 6.42 Å². The topological polar surface area (TPSA) is 95.5 Å². The van der Waals surface area contributed by atoms with Crippen molar-refractivity contribution >= 4 is 29.5 Å². The molecule has 6 nitrogen and oxygen atoms in total. The highest BCUT2D eigenvalue weighted by atomic mass is 32.2. The van der Waals surface area contributed by atoms with Crippen molar-refractivity contribution < 1.29 is 19.5 Å². The first-order chi connectivity index (χ1) is 11.3. The van der Waals surface area contributed by atoms with E-state index in [1.165, 1.54) is 11.8 Å². The normalized spacial score (nSPS) is 11.8. The summed E-state index contributed by atoms with van der Waals surface area (Å²) in [6.07, 6.45) is 0.345. The zero-order valence-corrected chi connectivity index (χ0v) is 15.0. The third-order valence-electron chi connectivity index (χ3n) is 3.24. The summed E-state index contributed by atoms with van der Waals surface area (Å²) in [7, 11) is 0. The Morgan fingerprint density at radius 2 is 1.83 bits per heavy atom. The van der Waals surface area contributed by atoms with Gasteiger partial charge in [0.15, 0.2) is 0 Å². The fourth-order valence-corrected chi connectivity index (χ4v) is 2.89. The predicted molar refractivity (Wildman–Crippen MR) is 93.9 cm³/mol. The molecule has 24 heavy (non-hydrogen) atoms. The van der Waals surface area contributed by atoms with Gasteiger partial charge >= 0.3 is 5.97 Å². The first-order valence-corrected chi connectivity index (χ1v) is 8.75. The Kier molecular flexibility index (Phi) is 8.32. The second-order valence-electron chi connectivity index (χ2n) is 5.92. The van der Waals surface area contributed by atoms with E-state index in [1.54, 1.807) is 0 Å². The minimum Gasteiger partial charge on any atom is -0.480 e. The van der Waals surface area contributed by atoms with Gasteiger partial charge in [0.05, 0.1) is 12.3 Å². The lowest BCUT2D eigenvalue weighted by Gasteiger charge is -2.16. The molecule has 0 aliphatic heterocycles. The van der Waals surface area contributed by atoms with E-state index in [-0.39, 0.29) is 24.1 Å². The SMILES string of the molecule is Cc1ccccc1SCC(=O)NCC(=O)N[C@@H](CC(C)C)C(=O)O. The maximum Gasteiger partial charge on any atom is 0.326 e. The summed E-state index contributed by atoms with van der Waals surface area (Å²) in [6, 6.07) is 6.80. The summed E-state index contributed by atoms with van der Waals surface area (Å²) in [5.41, 5.74) is 1.09. The van der Waals surface area contributed by atoms with Crippen LogP contribution in [0.4, 0.5) is 0 Å². The summed E-state index contributed by atoms with van der Waals surface area (Å²) in [5, 5.41) is 14.0. The summed E-state index contributed by atoms with van der Waals surface area (Å²) in [5.74, 6) is -1.50. The quantitative estimate of drug-likeness (QED) is 0.589. The number of carboxylic acid groups (broad SMARTS) is 1. The molecular weight excluding hydrogens is 328 g/mol. The highest BCUT2D eigenvalue weighted by Crippen LogP contribution is 2.21. The molecule has 3 N–H and O–H groups in total. The average molecular weight is 352 g/mol. The van der Waals surface area contributed by atoms with Gasteiger partial charge in [-0.25, -0.2) is 4.79 Å². The Hall–Kier alpha value is -2.02. The first kappa shape index (κ1) is 20.0. The van der Waals surface area contributed by atoms with Crippen LogP contribution in [0.5, 0.6) is 0 Å². The van der Waals surface area contributed by atoms with Crippen LogP contribution in [-0.2, 0) is 14.4 Å². The summed E-state index contributed by atoms with van der Waals surface area (Å²) in [6.45, 7) is 5.50. The standard InChI is InChI=1S/C17H24N2O4S/c1-11(2)8-13(17(22)23)19-15(20)9-18-16(21)10-24-14-7-5-4-6-12(14)3/h4-7,11,13H,8-10H2,1-3H3,(H,18,21)(H,19,20)(H,22,23)/t13-/m0/s1. The smallest absolute Gasteiger partial charge is 0.326 e. The van der Waals surface area contributed by atoms with Crippen molar-refractivity contribution in [2.24, 2.45) is 5.92 Å². The minimum atomic E-state index is -1.07. The number of hydrogen-bond acceptors (Lipinski definition) is 4. The largest absolute Gasteiger partial charge is 0.480 e. The maximum atomic E-state index is 11.8. The van der Waals surface area contributed by atoms with Crippen molar-refractivity contribution in [2.45, 2.75) is 38.1 Å². The van der Waals surface area contributed by atoms with Gasteiger partial charge in [0.25, 0.3) is 0 Å². The highest BCUT2D eigenvalue weighted by Gasteiger charge is 2.21. The van der Waals surface area contributed by atoms with Gasteiger partial charge in [-0.15, -0.1) is 11.8 Å². The van der Waals surface area contributed by atoms with Crippen LogP contribution in [0.15, 0.2) is 29.2 Å². The molecule has 0 saturated heterocycles. The Morgan fingerprint density at radius 1 is 1.17 bits per heavy atom. The molecule has 132 valence electrons. The number of aliphatic carboxylic acids is 1. The van der Waals surface area contributed by atoms with Crippen molar-refractivity contribution in [3.63, 3.8) is 0 Å². The van der Waals surface area contributed by atoms with Gasteiger partial charge in [0, 0.05) is 4.90 Å². The van der Waals surface area contributed by atoms with Crippen molar-refractivity contribution in [3.05, 3.63) is 29.8 Å². The van der Waals surface area contributed by atoms with E-state index < -0.39 is 17.9 Å². The molecule has 0 fully saturated rings. The number of carbonyl (C=O) groups is 3. The molecule has 0 aliphatic rings. The van der Waals surface area contributed by atoms with Crippen molar-refractivity contribution in [3.8, 4) is 0 Å². The van der Waals surface area contributed by atoms with Crippen LogP contribution < -0.4 is 10.6 Å². The molecule has 1 aromatic rings. The fraction of sp³-hybridized carbons (Fsp3) is 0.471. The number of nitrogens with one attached hydrogen (secondary N) is 2. The van der Waals surface area contributed by atoms with Crippen molar-refractivity contribution in [2.75, 3.05) is 12.3 Å². The molecular formula is C17H24N2O4S. The zero-order chi connectivity index (χ0) is 18.1. The van der Waals surface area contributed by atoms with Crippen LogP contribution in [0.3, 0.4) is 0 Å².